The lowest BCUT2D eigenvalue weighted by Gasteiger charge is -2.20. The van der Waals surface area contributed by atoms with Gasteiger partial charge in [0.1, 0.15) is 0 Å². The number of fused-ring (bicyclic) bond motifs is 10. The van der Waals surface area contributed by atoms with E-state index in [1.807, 2.05) is 0 Å². The number of aromatic nitrogens is 2. The maximum Gasteiger partial charge on any atom is 0.0740 e. The Morgan fingerprint density at radius 3 is 1.03 bits per heavy atom. The van der Waals surface area contributed by atoms with Crippen molar-refractivity contribution >= 4 is 43.6 Å². The lowest BCUT2D eigenvalue weighted by atomic mass is 9.87. The third kappa shape index (κ3) is 2.39. The van der Waals surface area contributed by atoms with Gasteiger partial charge in [-0.1, -0.05) is 0 Å². The largest absolute Gasteiger partial charge is 0.342 e. The molecule has 0 N–H and O–H groups in total. The highest BCUT2D eigenvalue weighted by Crippen LogP contribution is 2.54. The molecule has 0 aliphatic carbocycles. The number of rotatable bonds is 0. The van der Waals surface area contributed by atoms with Crippen molar-refractivity contribution in [2.24, 2.45) is 14.1 Å². The van der Waals surface area contributed by atoms with Crippen LogP contribution < -0.4 is 0 Å². The van der Waals surface area contributed by atoms with Crippen LogP contribution >= 0.6 is 0 Å². The second-order valence-corrected chi connectivity index (χ2v) is 11.9. The van der Waals surface area contributed by atoms with Gasteiger partial charge in [0, 0.05) is 47.7 Å². The third-order valence-corrected chi connectivity index (χ3v) is 10.7. The van der Waals surface area contributed by atoms with Crippen LogP contribution in [0.1, 0.15) is 81.6 Å². The first-order chi connectivity index (χ1) is 16.8. The molecule has 36 heavy (non-hydrogen) atoms. The Labute approximate surface area is 215 Å². The van der Waals surface area contributed by atoms with Crippen molar-refractivity contribution in [1.82, 2.24) is 14.0 Å². The van der Waals surface area contributed by atoms with E-state index in [4.69, 9.17) is 0 Å². The SMILES string of the molecule is Cc1c(C)c(C)c2c(c1C)c1c3c(c4c5c(C)c(C)c(C)c(C)c5n(C)c4c1n2C)C(C)N(C)C3C. The minimum Gasteiger partial charge on any atom is -0.342 e. The topological polar surface area (TPSA) is 13.1 Å². The Bertz CT molecular complexity index is 1690. The molecule has 0 fully saturated rings. The van der Waals surface area contributed by atoms with E-state index in [1.165, 1.54) is 88.1 Å². The molecule has 2 unspecified atom stereocenters. The van der Waals surface area contributed by atoms with E-state index >= 15 is 0 Å². The van der Waals surface area contributed by atoms with Crippen LogP contribution in [0.25, 0.3) is 43.6 Å². The van der Waals surface area contributed by atoms with Crippen LogP contribution in [0.2, 0.25) is 0 Å². The van der Waals surface area contributed by atoms with E-state index < -0.39 is 0 Å². The predicted molar refractivity (Wildman–Crippen MR) is 157 cm³/mol. The van der Waals surface area contributed by atoms with Gasteiger partial charge in [0.05, 0.1) is 22.1 Å². The molecule has 0 radical (unpaired) electrons. The van der Waals surface area contributed by atoms with Crippen molar-refractivity contribution in [3.05, 3.63) is 55.6 Å². The summed E-state index contributed by atoms with van der Waals surface area (Å²) in [6.45, 7) is 23.4. The first-order valence-electron chi connectivity index (χ1n) is 13.5. The van der Waals surface area contributed by atoms with Gasteiger partial charge in [-0.3, -0.25) is 4.90 Å². The number of nitrogens with zero attached hydrogens (tertiary/aromatic N) is 3. The van der Waals surface area contributed by atoms with Gasteiger partial charge in [0.2, 0.25) is 0 Å². The van der Waals surface area contributed by atoms with Gasteiger partial charge in [-0.2, -0.15) is 0 Å². The molecule has 1 aliphatic rings. The quantitative estimate of drug-likeness (QED) is 0.217. The van der Waals surface area contributed by atoms with Crippen LogP contribution in [-0.4, -0.2) is 21.1 Å². The Morgan fingerprint density at radius 1 is 0.389 bits per heavy atom. The minimum atomic E-state index is 0.372. The zero-order valence-corrected chi connectivity index (χ0v) is 24.5. The second kappa shape index (κ2) is 7.16. The maximum atomic E-state index is 2.58. The van der Waals surface area contributed by atoms with Gasteiger partial charge >= 0.3 is 0 Å². The lowest BCUT2D eigenvalue weighted by Crippen LogP contribution is -2.17. The highest BCUT2D eigenvalue weighted by Gasteiger charge is 2.38. The van der Waals surface area contributed by atoms with E-state index in [2.05, 4.69) is 104 Å². The fraction of sp³-hybridized carbons (Fsp3) is 0.455. The first-order valence-corrected chi connectivity index (χ1v) is 13.5. The zero-order chi connectivity index (χ0) is 26.3. The normalized spacial score (nSPS) is 18.6. The van der Waals surface area contributed by atoms with Gasteiger partial charge in [0.25, 0.3) is 0 Å². The van der Waals surface area contributed by atoms with Crippen LogP contribution in [0.5, 0.6) is 0 Å². The molecule has 0 amide bonds. The lowest BCUT2D eigenvalue weighted by molar-refractivity contribution is 0.234. The van der Waals surface area contributed by atoms with E-state index in [0.717, 1.165) is 0 Å². The van der Waals surface area contributed by atoms with Gasteiger partial charge in [-0.15, -0.1) is 0 Å². The van der Waals surface area contributed by atoms with Gasteiger partial charge in [0.15, 0.2) is 0 Å². The summed E-state index contributed by atoms with van der Waals surface area (Å²) >= 11 is 0. The Hall–Kier alpha value is -2.78. The fourth-order valence-corrected chi connectivity index (χ4v) is 7.79. The number of benzene rings is 3. The van der Waals surface area contributed by atoms with E-state index in [1.54, 1.807) is 11.1 Å². The Balaban J connectivity index is 2.09. The highest BCUT2D eigenvalue weighted by molar-refractivity contribution is 6.27. The van der Waals surface area contributed by atoms with Crippen LogP contribution in [0, 0.1) is 55.4 Å². The van der Waals surface area contributed by atoms with Crippen molar-refractivity contribution in [2.75, 3.05) is 7.05 Å². The molecule has 5 aromatic rings. The summed E-state index contributed by atoms with van der Waals surface area (Å²) in [7, 11) is 6.92. The summed E-state index contributed by atoms with van der Waals surface area (Å²) in [5.41, 5.74) is 20.1. The van der Waals surface area contributed by atoms with Crippen molar-refractivity contribution in [3.63, 3.8) is 0 Å². The molecule has 1 aliphatic heterocycles. The van der Waals surface area contributed by atoms with E-state index in [0.29, 0.717) is 12.1 Å². The summed E-state index contributed by atoms with van der Waals surface area (Å²) in [5, 5.41) is 5.90. The van der Waals surface area contributed by atoms with Gasteiger partial charge in [-0.25, -0.2) is 0 Å². The minimum absolute atomic E-state index is 0.372. The Morgan fingerprint density at radius 2 is 0.694 bits per heavy atom. The van der Waals surface area contributed by atoms with Crippen LogP contribution in [-0.2, 0) is 14.1 Å². The molecule has 0 spiro atoms. The average molecular weight is 480 g/mol. The first kappa shape index (κ1) is 23.6. The number of hydrogen-bond acceptors (Lipinski definition) is 1. The molecule has 188 valence electrons. The summed E-state index contributed by atoms with van der Waals surface area (Å²) < 4.78 is 5.06. The predicted octanol–water partition coefficient (Wildman–Crippen LogP) is 8.51. The molecular weight excluding hydrogens is 438 g/mol. The standard InChI is InChI=1S/C33H41N3/c1-14-16(3)20(7)30-24(18(14)5)28-26-22(9)34(11)23(10)27(26)29-25-19(6)15(2)17(4)21(8)31(25)36(13)33(29)32(28)35(30)12/h22-23H,1-13H3. The zero-order valence-electron chi connectivity index (χ0n) is 24.5. The average Bonchev–Trinajstić information content (AvgIpc) is 3.40. The molecule has 2 atom stereocenters. The summed E-state index contributed by atoms with van der Waals surface area (Å²) in [6, 6.07) is 0.744. The van der Waals surface area contributed by atoms with Crippen molar-refractivity contribution < 1.29 is 0 Å². The molecule has 0 saturated carbocycles. The van der Waals surface area contributed by atoms with Gasteiger partial charge in [-0.05, 0) is 132 Å². The molecule has 3 aromatic carbocycles. The van der Waals surface area contributed by atoms with E-state index in [-0.39, 0.29) is 0 Å². The second-order valence-electron chi connectivity index (χ2n) is 11.9. The maximum absolute atomic E-state index is 2.58. The molecule has 0 bridgehead atoms. The molecule has 0 saturated heterocycles. The molecule has 6 rings (SSSR count). The Kier molecular flexibility index (Phi) is 4.70. The molecule has 3 heteroatoms. The summed E-state index contributed by atoms with van der Waals surface area (Å²) in [5.74, 6) is 0. The van der Waals surface area contributed by atoms with Crippen molar-refractivity contribution in [2.45, 2.75) is 81.3 Å². The summed E-state index contributed by atoms with van der Waals surface area (Å²) in [4.78, 5) is 2.58. The van der Waals surface area contributed by atoms with Crippen molar-refractivity contribution in [3.8, 4) is 0 Å². The highest BCUT2D eigenvalue weighted by atomic mass is 15.2. The number of hydrogen-bond donors (Lipinski definition) is 0. The smallest absolute Gasteiger partial charge is 0.0740 e. The fourth-order valence-electron chi connectivity index (χ4n) is 7.79. The van der Waals surface area contributed by atoms with Crippen LogP contribution in [0.4, 0.5) is 0 Å². The van der Waals surface area contributed by atoms with Gasteiger partial charge < -0.3 is 9.13 Å². The molecule has 3 heterocycles. The summed E-state index contributed by atoms with van der Waals surface area (Å²) in [6.07, 6.45) is 0. The van der Waals surface area contributed by atoms with Crippen LogP contribution in [0.15, 0.2) is 0 Å². The monoisotopic (exact) mass is 479 g/mol. The van der Waals surface area contributed by atoms with E-state index in [9.17, 15) is 0 Å². The van der Waals surface area contributed by atoms with Crippen LogP contribution in [0.3, 0.4) is 0 Å². The van der Waals surface area contributed by atoms with Crippen molar-refractivity contribution in [1.29, 1.82) is 0 Å². The molecule has 3 nitrogen and oxygen atoms in total. The third-order valence-electron chi connectivity index (χ3n) is 10.7. The molecular formula is C33H41N3. The number of aryl methyl sites for hydroxylation is 6. The molecule has 2 aromatic heterocycles.